The van der Waals surface area contributed by atoms with E-state index in [1.54, 1.807) is 6.07 Å². The summed E-state index contributed by atoms with van der Waals surface area (Å²) in [6.07, 6.45) is 0. The van der Waals surface area contributed by atoms with E-state index in [4.69, 9.17) is 5.73 Å². The SMILES string of the molecule is CCN(c1cccc(C)c1)c1cc(F)c(Br)cc1N. The molecular weight excluding hydrogens is 307 g/mol. The highest BCUT2D eigenvalue weighted by molar-refractivity contribution is 9.10. The fraction of sp³-hybridized carbons (Fsp3) is 0.200. The van der Waals surface area contributed by atoms with Gasteiger partial charge in [-0.2, -0.15) is 0 Å². The first-order valence-corrected chi connectivity index (χ1v) is 6.91. The molecule has 0 radical (unpaired) electrons. The quantitative estimate of drug-likeness (QED) is 0.834. The van der Waals surface area contributed by atoms with Crippen LogP contribution in [0.1, 0.15) is 12.5 Å². The molecule has 0 saturated heterocycles. The molecule has 0 aliphatic rings. The zero-order valence-electron chi connectivity index (χ0n) is 11.0. The lowest BCUT2D eigenvalue weighted by molar-refractivity contribution is 0.621. The fourth-order valence-electron chi connectivity index (χ4n) is 2.07. The predicted octanol–water partition coefficient (Wildman–Crippen LogP) is 4.64. The maximum atomic E-state index is 13.7. The molecule has 0 fully saturated rings. The van der Waals surface area contributed by atoms with Crippen LogP contribution in [0.25, 0.3) is 0 Å². The minimum absolute atomic E-state index is 0.310. The minimum atomic E-state index is -0.310. The van der Waals surface area contributed by atoms with Gasteiger partial charge in [0.25, 0.3) is 0 Å². The summed E-state index contributed by atoms with van der Waals surface area (Å²) in [6, 6.07) is 11.1. The highest BCUT2D eigenvalue weighted by Crippen LogP contribution is 2.34. The Balaban J connectivity index is 2.51. The van der Waals surface area contributed by atoms with Crippen molar-refractivity contribution in [3.8, 4) is 0 Å². The number of anilines is 3. The molecule has 0 aliphatic carbocycles. The van der Waals surface area contributed by atoms with Gasteiger partial charge in [-0.15, -0.1) is 0 Å². The highest BCUT2D eigenvalue weighted by atomic mass is 79.9. The van der Waals surface area contributed by atoms with Crippen LogP contribution in [0.4, 0.5) is 21.5 Å². The summed E-state index contributed by atoms with van der Waals surface area (Å²) >= 11 is 3.15. The molecule has 0 unspecified atom stereocenters. The molecule has 0 aromatic heterocycles. The first-order valence-electron chi connectivity index (χ1n) is 6.11. The van der Waals surface area contributed by atoms with E-state index in [2.05, 4.69) is 22.0 Å². The van der Waals surface area contributed by atoms with Crippen molar-refractivity contribution < 1.29 is 4.39 Å². The van der Waals surface area contributed by atoms with Crippen LogP contribution in [0, 0.1) is 12.7 Å². The standard InChI is InChI=1S/C15H16BrFN2/c1-3-19(11-6-4-5-10(2)7-11)15-9-13(17)12(16)8-14(15)18/h4-9H,3,18H2,1-2H3. The van der Waals surface area contributed by atoms with Crippen LogP contribution in [0.5, 0.6) is 0 Å². The zero-order valence-corrected chi connectivity index (χ0v) is 12.5. The maximum absolute atomic E-state index is 13.7. The number of benzene rings is 2. The largest absolute Gasteiger partial charge is 0.397 e. The number of halogens is 2. The van der Waals surface area contributed by atoms with Crippen LogP contribution >= 0.6 is 15.9 Å². The molecule has 0 bridgehead atoms. The Bertz CT molecular complexity index is 599. The number of hydrogen-bond donors (Lipinski definition) is 1. The van der Waals surface area contributed by atoms with Crippen molar-refractivity contribution in [3.63, 3.8) is 0 Å². The van der Waals surface area contributed by atoms with Crippen LogP contribution in [0.3, 0.4) is 0 Å². The topological polar surface area (TPSA) is 29.3 Å². The van der Waals surface area contributed by atoms with Crippen molar-refractivity contribution in [2.24, 2.45) is 0 Å². The molecule has 2 N–H and O–H groups in total. The van der Waals surface area contributed by atoms with Crippen molar-refractivity contribution in [2.75, 3.05) is 17.2 Å². The molecular formula is C15H16BrFN2. The van der Waals surface area contributed by atoms with Gasteiger partial charge >= 0.3 is 0 Å². The Morgan fingerprint density at radius 1 is 1.26 bits per heavy atom. The highest BCUT2D eigenvalue weighted by Gasteiger charge is 2.13. The van der Waals surface area contributed by atoms with E-state index in [0.29, 0.717) is 22.4 Å². The van der Waals surface area contributed by atoms with Crippen LogP contribution in [0.2, 0.25) is 0 Å². The summed E-state index contributed by atoms with van der Waals surface area (Å²) in [5.41, 5.74) is 9.41. The average molecular weight is 323 g/mol. The molecule has 100 valence electrons. The molecule has 0 aliphatic heterocycles. The fourth-order valence-corrected chi connectivity index (χ4v) is 2.43. The normalized spacial score (nSPS) is 10.5. The molecule has 0 amide bonds. The number of aryl methyl sites for hydroxylation is 1. The van der Waals surface area contributed by atoms with Crippen molar-refractivity contribution in [2.45, 2.75) is 13.8 Å². The molecule has 0 spiro atoms. The lowest BCUT2D eigenvalue weighted by atomic mass is 10.1. The summed E-state index contributed by atoms with van der Waals surface area (Å²) in [5, 5.41) is 0. The predicted molar refractivity (Wildman–Crippen MR) is 82.4 cm³/mol. The summed E-state index contributed by atoms with van der Waals surface area (Å²) < 4.78 is 14.1. The molecule has 2 nitrogen and oxygen atoms in total. The smallest absolute Gasteiger partial charge is 0.139 e. The Kier molecular flexibility index (Phi) is 4.10. The minimum Gasteiger partial charge on any atom is -0.397 e. The van der Waals surface area contributed by atoms with Gasteiger partial charge in [0.2, 0.25) is 0 Å². The first kappa shape index (κ1) is 13.9. The van der Waals surface area contributed by atoms with Gasteiger partial charge in [0.1, 0.15) is 5.82 Å². The maximum Gasteiger partial charge on any atom is 0.139 e. The van der Waals surface area contributed by atoms with Crippen molar-refractivity contribution in [1.29, 1.82) is 0 Å². The van der Waals surface area contributed by atoms with E-state index >= 15 is 0 Å². The van der Waals surface area contributed by atoms with Crippen LogP contribution in [0.15, 0.2) is 40.9 Å². The Hall–Kier alpha value is -1.55. The van der Waals surface area contributed by atoms with Gasteiger partial charge in [-0.3, -0.25) is 0 Å². The monoisotopic (exact) mass is 322 g/mol. The van der Waals surface area contributed by atoms with E-state index in [1.807, 2.05) is 36.9 Å². The summed E-state index contributed by atoms with van der Waals surface area (Å²) in [7, 11) is 0. The number of rotatable bonds is 3. The second-order valence-corrected chi connectivity index (χ2v) is 5.26. The zero-order chi connectivity index (χ0) is 14.0. The first-order chi connectivity index (χ1) is 9.02. The molecule has 0 saturated carbocycles. The number of nitrogens with two attached hydrogens (primary N) is 1. The Morgan fingerprint density at radius 3 is 2.63 bits per heavy atom. The van der Waals surface area contributed by atoms with Crippen molar-refractivity contribution in [1.82, 2.24) is 0 Å². The van der Waals surface area contributed by atoms with E-state index in [1.165, 1.54) is 6.07 Å². The van der Waals surface area contributed by atoms with Gasteiger partial charge < -0.3 is 10.6 Å². The van der Waals surface area contributed by atoms with E-state index in [9.17, 15) is 4.39 Å². The second kappa shape index (κ2) is 5.61. The molecule has 2 aromatic rings. The van der Waals surface area contributed by atoms with Gasteiger partial charge in [0, 0.05) is 18.3 Å². The Morgan fingerprint density at radius 2 is 2.00 bits per heavy atom. The molecule has 19 heavy (non-hydrogen) atoms. The third-order valence-electron chi connectivity index (χ3n) is 2.99. The van der Waals surface area contributed by atoms with Gasteiger partial charge in [-0.25, -0.2) is 4.39 Å². The third-order valence-corrected chi connectivity index (χ3v) is 3.60. The van der Waals surface area contributed by atoms with Crippen LogP contribution in [-0.4, -0.2) is 6.54 Å². The van der Waals surface area contributed by atoms with Gasteiger partial charge in [-0.05, 0) is 53.5 Å². The van der Waals surface area contributed by atoms with Gasteiger partial charge in [-0.1, -0.05) is 12.1 Å². The Labute approximate surface area is 121 Å². The summed E-state index contributed by atoms with van der Waals surface area (Å²) in [5.74, 6) is -0.310. The van der Waals surface area contributed by atoms with Crippen molar-refractivity contribution >= 4 is 33.0 Å². The number of nitrogen functional groups attached to an aromatic ring is 1. The van der Waals surface area contributed by atoms with Crippen LogP contribution < -0.4 is 10.6 Å². The van der Waals surface area contributed by atoms with Crippen LogP contribution in [-0.2, 0) is 0 Å². The van der Waals surface area contributed by atoms with Gasteiger partial charge in [0.15, 0.2) is 0 Å². The van der Waals surface area contributed by atoms with E-state index < -0.39 is 0 Å². The van der Waals surface area contributed by atoms with E-state index in [-0.39, 0.29) is 5.82 Å². The summed E-state index contributed by atoms with van der Waals surface area (Å²) in [4.78, 5) is 2.00. The molecule has 0 atom stereocenters. The molecule has 4 heteroatoms. The van der Waals surface area contributed by atoms with E-state index in [0.717, 1.165) is 11.3 Å². The number of hydrogen-bond acceptors (Lipinski definition) is 2. The third kappa shape index (κ3) is 2.89. The lowest BCUT2D eigenvalue weighted by Crippen LogP contribution is -2.18. The second-order valence-electron chi connectivity index (χ2n) is 4.41. The molecule has 0 heterocycles. The number of nitrogens with zero attached hydrogens (tertiary/aromatic N) is 1. The van der Waals surface area contributed by atoms with Gasteiger partial charge in [0.05, 0.1) is 15.8 Å². The lowest BCUT2D eigenvalue weighted by Gasteiger charge is -2.25. The summed E-state index contributed by atoms with van der Waals surface area (Å²) in [6.45, 7) is 4.76. The average Bonchev–Trinajstić information content (AvgIpc) is 2.36. The molecule has 2 rings (SSSR count). The molecule has 2 aromatic carbocycles. The van der Waals surface area contributed by atoms with Crippen molar-refractivity contribution in [3.05, 3.63) is 52.3 Å².